The number of nitrogens with zero attached hydrogens (tertiary/aromatic N) is 4. The SMILES string of the molecule is Cc1nc(C#Cc2cccc(Cl)c2)cn1-c1cccc(N2CCSCC2)n1. The molecule has 1 aromatic carbocycles. The van der Waals surface area contributed by atoms with Crippen LogP contribution in [0.4, 0.5) is 5.82 Å². The minimum Gasteiger partial charge on any atom is -0.355 e. The second kappa shape index (κ2) is 8.08. The normalized spacial score (nSPS) is 13.9. The maximum Gasteiger partial charge on any atom is 0.140 e. The molecule has 1 aliphatic heterocycles. The van der Waals surface area contributed by atoms with E-state index in [2.05, 4.69) is 33.9 Å². The monoisotopic (exact) mass is 394 g/mol. The number of halogens is 1. The summed E-state index contributed by atoms with van der Waals surface area (Å²) < 4.78 is 1.99. The van der Waals surface area contributed by atoms with Crippen LogP contribution >= 0.6 is 23.4 Å². The van der Waals surface area contributed by atoms with Crippen molar-refractivity contribution in [3.8, 4) is 17.7 Å². The summed E-state index contributed by atoms with van der Waals surface area (Å²) in [5, 5.41) is 0.681. The summed E-state index contributed by atoms with van der Waals surface area (Å²) in [7, 11) is 0. The van der Waals surface area contributed by atoms with E-state index in [-0.39, 0.29) is 0 Å². The Hall–Kier alpha value is -2.42. The Kier molecular flexibility index (Phi) is 5.38. The van der Waals surface area contributed by atoms with Crippen molar-refractivity contribution >= 4 is 29.2 Å². The van der Waals surface area contributed by atoms with Crippen molar-refractivity contribution in [2.45, 2.75) is 6.92 Å². The van der Waals surface area contributed by atoms with E-state index in [1.807, 2.05) is 59.8 Å². The Morgan fingerprint density at radius 1 is 1.00 bits per heavy atom. The number of aryl methyl sites for hydroxylation is 1. The molecule has 0 amide bonds. The number of rotatable bonds is 2. The third-order valence-corrected chi connectivity index (χ3v) is 5.52. The van der Waals surface area contributed by atoms with Gasteiger partial charge in [0.05, 0.1) is 0 Å². The molecule has 0 N–H and O–H groups in total. The minimum absolute atomic E-state index is 0.681. The lowest BCUT2D eigenvalue weighted by atomic mass is 10.2. The van der Waals surface area contributed by atoms with Gasteiger partial charge in [0.15, 0.2) is 0 Å². The van der Waals surface area contributed by atoms with E-state index in [1.165, 1.54) is 0 Å². The van der Waals surface area contributed by atoms with Gasteiger partial charge in [0.1, 0.15) is 23.2 Å². The number of benzene rings is 1. The molecule has 0 radical (unpaired) electrons. The van der Waals surface area contributed by atoms with Gasteiger partial charge in [-0.15, -0.1) is 0 Å². The number of hydrogen-bond acceptors (Lipinski definition) is 4. The largest absolute Gasteiger partial charge is 0.355 e. The molecular formula is C21H19ClN4S. The fourth-order valence-electron chi connectivity index (χ4n) is 2.98. The Bertz CT molecular complexity index is 1010. The average Bonchev–Trinajstić information content (AvgIpc) is 3.08. The van der Waals surface area contributed by atoms with Crippen LogP contribution in [0.25, 0.3) is 5.82 Å². The van der Waals surface area contributed by atoms with Crippen molar-refractivity contribution in [2.75, 3.05) is 29.5 Å². The average molecular weight is 395 g/mol. The molecule has 0 spiro atoms. The molecule has 3 aromatic rings. The van der Waals surface area contributed by atoms with Crippen molar-refractivity contribution in [3.63, 3.8) is 0 Å². The molecular weight excluding hydrogens is 376 g/mol. The third kappa shape index (κ3) is 4.29. The lowest BCUT2D eigenvalue weighted by molar-refractivity contribution is 0.828. The maximum absolute atomic E-state index is 6.01. The molecule has 4 rings (SSSR count). The van der Waals surface area contributed by atoms with Gasteiger partial charge in [-0.3, -0.25) is 4.57 Å². The molecule has 1 saturated heterocycles. The zero-order valence-electron chi connectivity index (χ0n) is 15.0. The van der Waals surface area contributed by atoms with Gasteiger partial charge in [-0.05, 0) is 43.2 Å². The lowest BCUT2D eigenvalue weighted by Gasteiger charge is -2.27. The van der Waals surface area contributed by atoms with Crippen LogP contribution in [0, 0.1) is 18.8 Å². The van der Waals surface area contributed by atoms with Crippen LogP contribution in [0.15, 0.2) is 48.7 Å². The summed E-state index contributed by atoms with van der Waals surface area (Å²) >= 11 is 8.01. The Balaban J connectivity index is 1.60. The van der Waals surface area contributed by atoms with Crippen molar-refractivity contribution in [1.82, 2.24) is 14.5 Å². The van der Waals surface area contributed by atoms with E-state index in [0.29, 0.717) is 10.7 Å². The third-order valence-electron chi connectivity index (χ3n) is 4.34. The van der Waals surface area contributed by atoms with Gasteiger partial charge in [-0.1, -0.05) is 29.7 Å². The fraction of sp³-hybridized carbons (Fsp3) is 0.238. The van der Waals surface area contributed by atoms with E-state index < -0.39 is 0 Å². The molecule has 2 aromatic heterocycles. The molecule has 4 nitrogen and oxygen atoms in total. The second-order valence-electron chi connectivity index (χ2n) is 6.26. The minimum atomic E-state index is 0.681. The summed E-state index contributed by atoms with van der Waals surface area (Å²) in [6.07, 6.45) is 1.94. The highest BCUT2D eigenvalue weighted by atomic mass is 35.5. The van der Waals surface area contributed by atoms with Crippen molar-refractivity contribution in [1.29, 1.82) is 0 Å². The van der Waals surface area contributed by atoms with Crippen LogP contribution in [-0.4, -0.2) is 39.1 Å². The van der Waals surface area contributed by atoms with Crippen LogP contribution < -0.4 is 4.90 Å². The maximum atomic E-state index is 6.01. The fourth-order valence-corrected chi connectivity index (χ4v) is 4.08. The van der Waals surface area contributed by atoms with Gasteiger partial charge in [0.2, 0.25) is 0 Å². The molecule has 6 heteroatoms. The molecule has 0 unspecified atom stereocenters. The molecule has 0 bridgehead atoms. The summed E-state index contributed by atoms with van der Waals surface area (Å²) in [6, 6.07) is 13.6. The first kappa shape index (κ1) is 18.0. The first-order valence-corrected chi connectivity index (χ1v) is 10.4. The lowest BCUT2D eigenvalue weighted by Crippen LogP contribution is -2.33. The second-order valence-corrected chi connectivity index (χ2v) is 7.92. The highest BCUT2D eigenvalue weighted by Crippen LogP contribution is 2.19. The van der Waals surface area contributed by atoms with Crippen LogP contribution in [-0.2, 0) is 0 Å². The van der Waals surface area contributed by atoms with E-state index in [0.717, 1.165) is 47.6 Å². The Morgan fingerprint density at radius 3 is 2.59 bits per heavy atom. The van der Waals surface area contributed by atoms with Gasteiger partial charge in [0, 0.05) is 41.4 Å². The predicted molar refractivity (Wildman–Crippen MR) is 113 cm³/mol. The van der Waals surface area contributed by atoms with Gasteiger partial charge in [-0.2, -0.15) is 11.8 Å². The van der Waals surface area contributed by atoms with E-state index in [4.69, 9.17) is 16.6 Å². The summed E-state index contributed by atoms with van der Waals surface area (Å²) in [4.78, 5) is 11.8. The van der Waals surface area contributed by atoms with E-state index in [9.17, 15) is 0 Å². The van der Waals surface area contributed by atoms with Gasteiger partial charge >= 0.3 is 0 Å². The quantitative estimate of drug-likeness (QED) is 0.610. The summed E-state index contributed by atoms with van der Waals surface area (Å²) in [6.45, 7) is 4.05. The van der Waals surface area contributed by atoms with Gasteiger partial charge in [0.25, 0.3) is 0 Å². The number of hydrogen-bond donors (Lipinski definition) is 0. The number of aromatic nitrogens is 3. The van der Waals surface area contributed by atoms with Gasteiger partial charge < -0.3 is 4.90 Å². The van der Waals surface area contributed by atoms with Crippen LogP contribution in [0.2, 0.25) is 5.02 Å². The zero-order valence-corrected chi connectivity index (χ0v) is 16.6. The molecule has 136 valence electrons. The standard InChI is InChI=1S/C21H19ClN4S/c1-16-23-19(9-8-17-4-2-5-18(22)14-17)15-26(16)21-7-3-6-20(24-21)25-10-12-27-13-11-25/h2-7,14-15H,10-13H2,1H3. The number of anilines is 1. The number of imidazole rings is 1. The van der Waals surface area contributed by atoms with Crippen molar-refractivity contribution in [3.05, 3.63) is 70.8 Å². The Labute approximate surface area is 168 Å². The molecule has 1 fully saturated rings. The Morgan fingerprint density at radius 2 is 1.78 bits per heavy atom. The first-order valence-electron chi connectivity index (χ1n) is 8.83. The number of thioether (sulfide) groups is 1. The predicted octanol–water partition coefficient (Wildman–Crippen LogP) is 4.18. The van der Waals surface area contributed by atoms with Gasteiger partial charge in [-0.25, -0.2) is 9.97 Å². The van der Waals surface area contributed by atoms with Crippen LogP contribution in [0.3, 0.4) is 0 Å². The highest BCUT2D eigenvalue weighted by Gasteiger charge is 2.13. The molecule has 0 saturated carbocycles. The summed E-state index contributed by atoms with van der Waals surface area (Å²) in [5.41, 5.74) is 1.59. The van der Waals surface area contributed by atoms with Crippen molar-refractivity contribution in [2.24, 2.45) is 0 Å². The van der Waals surface area contributed by atoms with Crippen LogP contribution in [0.1, 0.15) is 17.1 Å². The highest BCUT2D eigenvalue weighted by molar-refractivity contribution is 7.99. The molecule has 3 heterocycles. The van der Waals surface area contributed by atoms with E-state index >= 15 is 0 Å². The van der Waals surface area contributed by atoms with Crippen molar-refractivity contribution < 1.29 is 0 Å². The van der Waals surface area contributed by atoms with E-state index in [1.54, 1.807) is 0 Å². The smallest absolute Gasteiger partial charge is 0.140 e. The molecule has 0 atom stereocenters. The molecule has 1 aliphatic rings. The molecule has 27 heavy (non-hydrogen) atoms. The topological polar surface area (TPSA) is 34.0 Å². The number of pyridine rings is 1. The first-order chi connectivity index (χ1) is 13.2. The van der Waals surface area contributed by atoms with Crippen LogP contribution in [0.5, 0.6) is 0 Å². The molecule has 0 aliphatic carbocycles. The zero-order chi connectivity index (χ0) is 18.6. The summed E-state index contributed by atoms with van der Waals surface area (Å²) in [5.74, 6) is 11.3.